The molecule has 0 atom stereocenters. The summed E-state index contributed by atoms with van der Waals surface area (Å²) in [4.78, 5) is 12.9. The quantitative estimate of drug-likeness (QED) is 0.748. The van der Waals surface area contributed by atoms with Crippen molar-refractivity contribution in [2.45, 2.75) is 38.3 Å². The van der Waals surface area contributed by atoms with Crippen LogP contribution in [0, 0.1) is 5.82 Å². The summed E-state index contributed by atoms with van der Waals surface area (Å²) in [6.07, 6.45) is 3.43. The van der Waals surface area contributed by atoms with E-state index in [2.05, 4.69) is 5.32 Å². The average Bonchev–Trinajstić information content (AvgIpc) is 3.26. The second-order valence-electron chi connectivity index (χ2n) is 5.66. The molecule has 0 heterocycles. The van der Waals surface area contributed by atoms with E-state index in [1.165, 1.54) is 18.9 Å². The Balaban J connectivity index is 1.73. The summed E-state index contributed by atoms with van der Waals surface area (Å²) in [5.74, 6) is -0.0351. The third-order valence-electron chi connectivity index (χ3n) is 3.46. The molecule has 1 amide bonds. The van der Waals surface area contributed by atoms with Crippen LogP contribution in [0.4, 0.5) is 4.39 Å². The number of benzene rings is 1. The summed E-state index contributed by atoms with van der Waals surface area (Å²) in [5, 5.41) is 3.35. The minimum atomic E-state index is -0.343. The Morgan fingerprint density at radius 2 is 2.19 bits per heavy atom. The predicted octanol–water partition coefficient (Wildman–Crippen LogP) is 2.32. The van der Waals surface area contributed by atoms with Gasteiger partial charge in [0.1, 0.15) is 0 Å². The van der Waals surface area contributed by atoms with Crippen molar-refractivity contribution in [2.24, 2.45) is 0 Å². The lowest BCUT2D eigenvalue weighted by atomic mass is 10.2. The van der Waals surface area contributed by atoms with Crippen LogP contribution < -0.4 is 10.1 Å². The molecular weight excluding hydrogens is 271 g/mol. The minimum Gasteiger partial charge on any atom is -0.491 e. The fourth-order valence-corrected chi connectivity index (χ4v) is 1.95. The van der Waals surface area contributed by atoms with Gasteiger partial charge in [0.15, 0.2) is 11.6 Å². The second-order valence-corrected chi connectivity index (χ2v) is 5.66. The maximum atomic E-state index is 13.9. The van der Waals surface area contributed by atoms with Crippen LogP contribution in [0.15, 0.2) is 18.2 Å². The lowest BCUT2D eigenvalue weighted by Crippen LogP contribution is -2.21. The Labute approximate surface area is 125 Å². The number of ether oxygens (including phenoxy) is 1. The van der Waals surface area contributed by atoms with Crippen molar-refractivity contribution in [2.75, 3.05) is 20.7 Å². The Bertz CT molecular complexity index is 487. The van der Waals surface area contributed by atoms with Crippen LogP contribution in [0.3, 0.4) is 0 Å². The smallest absolute Gasteiger partial charge is 0.222 e. The maximum Gasteiger partial charge on any atom is 0.222 e. The van der Waals surface area contributed by atoms with E-state index in [-0.39, 0.29) is 17.5 Å². The first kappa shape index (κ1) is 15.8. The number of carbonyl (C=O) groups excluding carboxylic acids is 1. The van der Waals surface area contributed by atoms with E-state index in [4.69, 9.17) is 4.74 Å². The van der Waals surface area contributed by atoms with Gasteiger partial charge in [-0.1, -0.05) is 6.07 Å². The number of hydrogen-bond acceptors (Lipinski definition) is 3. The van der Waals surface area contributed by atoms with Gasteiger partial charge in [0.2, 0.25) is 5.91 Å². The van der Waals surface area contributed by atoms with Crippen LogP contribution in [0.1, 0.15) is 31.2 Å². The summed E-state index contributed by atoms with van der Waals surface area (Å²) < 4.78 is 19.3. The SMILES string of the molecule is CN(C)C(=O)CCCOc1ccc(CNC2CC2)cc1F. The zero-order valence-electron chi connectivity index (χ0n) is 12.7. The van der Waals surface area contributed by atoms with E-state index in [9.17, 15) is 9.18 Å². The van der Waals surface area contributed by atoms with Gasteiger partial charge in [0.25, 0.3) is 0 Å². The highest BCUT2D eigenvalue weighted by Crippen LogP contribution is 2.21. The highest BCUT2D eigenvalue weighted by molar-refractivity contribution is 5.75. The normalized spacial score (nSPS) is 14.0. The monoisotopic (exact) mass is 294 g/mol. The lowest BCUT2D eigenvalue weighted by molar-refractivity contribution is -0.128. The summed E-state index contributed by atoms with van der Waals surface area (Å²) in [5.41, 5.74) is 0.925. The molecule has 0 saturated heterocycles. The van der Waals surface area contributed by atoms with Gasteiger partial charge >= 0.3 is 0 Å². The Kier molecular flexibility index (Phi) is 5.56. The summed E-state index contributed by atoms with van der Waals surface area (Å²) in [6.45, 7) is 1.04. The molecule has 1 aliphatic carbocycles. The minimum absolute atomic E-state index is 0.0561. The van der Waals surface area contributed by atoms with Gasteiger partial charge in [-0.25, -0.2) is 4.39 Å². The van der Waals surface area contributed by atoms with Gasteiger partial charge in [-0.05, 0) is 37.0 Å². The molecule has 0 unspecified atom stereocenters. The highest BCUT2D eigenvalue weighted by Gasteiger charge is 2.20. The molecule has 0 spiro atoms. The van der Waals surface area contributed by atoms with E-state index in [1.54, 1.807) is 25.1 Å². The lowest BCUT2D eigenvalue weighted by Gasteiger charge is -2.11. The van der Waals surface area contributed by atoms with Gasteiger partial charge < -0.3 is 15.0 Å². The molecule has 0 aromatic heterocycles. The molecule has 1 saturated carbocycles. The van der Waals surface area contributed by atoms with Crippen molar-refractivity contribution >= 4 is 5.91 Å². The number of nitrogens with zero attached hydrogens (tertiary/aromatic N) is 1. The first-order valence-electron chi connectivity index (χ1n) is 7.41. The Morgan fingerprint density at radius 1 is 1.43 bits per heavy atom. The maximum absolute atomic E-state index is 13.9. The topological polar surface area (TPSA) is 41.6 Å². The predicted molar refractivity (Wildman–Crippen MR) is 79.7 cm³/mol. The van der Waals surface area contributed by atoms with E-state index in [0.717, 1.165) is 5.56 Å². The van der Waals surface area contributed by atoms with Crippen molar-refractivity contribution in [3.05, 3.63) is 29.6 Å². The summed E-state index contributed by atoms with van der Waals surface area (Å²) in [6, 6.07) is 5.65. The van der Waals surface area contributed by atoms with Crippen LogP contribution in [0.25, 0.3) is 0 Å². The zero-order valence-corrected chi connectivity index (χ0v) is 12.7. The first-order chi connectivity index (χ1) is 10.1. The molecule has 1 aromatic carbocycles. The Hall–Kier alpha value is -1.62. The molecule has 0 aliphatic heterocycles. The van der Waals surface area contributed by atoms with Crippen LogP contribution in [0.5, 0.6) is 5.75 Å². The van der Waals surface area contributed by atoms with Crippen molar-refractivity contribution in [1.82, 2.24) is 10.2 Å². The molecule has 0 bridgehead atoms. The molecule has 1 aromatic rings. The number of halogens is 1. The molecule has 0 radical (unpaired) electrons. The molecule has 116 valence electrons. The van der Waals surface area contributed by atoms with Crippen molar-refractivity contribution < 1.29 is 13.9 Å². The molecular formula is C16H23FN2O2. The standard InChI is InChI=1S/C16H23FN2O2/c1-19(2)16(20)4-3-9-21-15-8-5-12(10-14(15)17)11-18-13-6-7-13/h5,8,10,13,18H,3-4,6-7,9,11H2,1-2H3. The number of carbonyl (C=O) groups is 1. The zero-order chi connectivity index (χ0) is 15.2. The first-order valence-corrected chi connectivity index (χ1v) is 7.41. The molecule has 5 heteroatoms. The van der Waals surface area contributed by atoms with Crippen molar-refractivity contribution in [3.63, 3.8) is 0 Å². The number of hydrogen-bond donors (Lipinski definition) is 1. The third-order valence-corrected chi connectivity index (χ3v) is 3.46. The Morgan fingerprint density at radius 3 is 2.81 bits per heavy atom. The average molecular weight is 294 g/mol. The van der Waals surface area contributed by atoms with Crippen molar-refractivity contribution in [3.8, 4) is 5.75 Å². The highest BCUT2D eigenvalue weighted by atomic mass is 19.1. The van der Waals surface area contributed by atoms with Gasteiger partial charge in [0, 0.05) is 33.1 Å². The fourth-order valence-electron chi connectivity index (χ4n) is 1.95. The number of amides is 1. The molecule has 21 heavy (non-hydrogen) atoms. The van der Waals surface area contributed by atoms with E-state index in [0.29, 0.717) is 32.0 Å². The van der Waals surface area contributed by atoms with Gasteiger partial charge in [-0.2, -0.15) is 0 Å². The fraction of sp³-hybridized carbons (Fsp3) is 0.562. The molecule has 2 rings (SSSR count). The van der Waals surface area contributed by atoms with Gasteiger partial charge in [0.05, 0.1) is 6.61 Å². The van der Waals surface area contributed by atoms with Gasteiger partial charge in [-0.3, -0.25) is 4.79 Å². The number of rotatable bonds is 8. The van der Waals surface area contributed by atoms with E-state index in [1.807, 2.05) is 6.07 Å². The second kappa shape index (κ2) is 7.41. The number of nitrogens with one attached hydrogen (secondary N) is 1. The molecule has 1 N–H and O–H groups in total. The molecule has 4 nitrogen and oxygen atoms in total. The molecule has 1 fully saturated rings. The van der Waals surface area contributed by atoms with Crippen LogP contribution in [0.2, 0.25) is 0 Å². The van der Waals surface area contributed by atoms with E-state index < -0.39 is 0 Å². The third kappa shape index (κ3) is 5.34. The van der Waals surface area contributed by atoms with Crippen molar-refractivity contribution in [1.29, 1.82) is 0 Å². The molecule has 1 aliphatic rings. The van der Waals surface area contributed by atoms with E-state index >= 15 is 0 Å². The van der Waals surface area contributed by atoms with Gasteiger partial charge in [-0.15, -0.1) is 0 Å². The largest absolute Gasteiger partial charge is 0.491 e. The summed E-state index contributed by atoms with van der Waals surface area (Å²) in [7, 11) is 3.44. The summed E-state index contributed by atoms with van der Waals surface area (Å²) >= 11 is 0. The van der Waals surface area contributed by atoms with Crippen LogP contribution in [-0.2, 0) is 11.3 Å². The van der Waals surface area contributed by atoms with Crippen LogP contribution in [-0.4, -0.2) is 37.6 Å². The van der Waals surface area contributed by atoms with Crippen LogP contribution >= 0.6 is 0 Å².